The van der Waals surface area contributed by atoms with Crippen LogP contribution in [0.4, 0.5) is 5.69 Å². The summed E-state index contributed by atoms with van der Waals surface area (Å²) in [5.74, 6) is -1.53. The van der Waals surface area contributed by atoms with E-state index < -0.39 is 11.8 Å². The SMILES string of the molecule is CC(C)NC(=O)c1ccc(N2C(=O)C3C4c5ccccc5C(c5ccccc54)C3C2=O)cc1. The second-order valence-electron chi connectivity index (χ2n) is 9.45. The third-order valence-electron chi connectivity index (χ3n) is 7.26. The lowest BCUT2D eigenvalue weighted by atomic mass is 9.55. The maximum absolute atomic E-state index is 13.8. The Kier molecular flexibility index (Phi) is 4.31. The van der Waals surface area contributed by atoms with Crippen LogP contribution in [-0.2, 0) is 9.59 Å². The highest BCUT2D eigenvalue weighted by Gasteiger charge is 2.61. The molecular weight excluding hydrogens is 412 g/mol. The fraction of sp³-hybridized carbons (Fsp3) is 0.250. The van der Waals surface area contributed by atoms with Crippen molar-refractivity contribution in [3.8, 4) is 0 Å². The highest BCUT2D eigenvalue weighted by atomic mass is 16.2. The molecule has 3 aromatic rings. The number of nitrogens with zero attached hydrogens (tertiary/aromatic N) is 1. The van der Waals surface area contributed by atoms with Crippen molar-refractivity contribution in [2.45, 2.75) is 31.7 Å². The Labute approximate surface area is 192 Å². The number of anilines is 1. The van der Waals surface area contributed by atoms with Crippen LogP contribution in [0.25, 0.3) is 0 Å². The number of imide groups is 1. The number of hydrogen-bond acceptors (Lipinski definition) is 3. The van der Waals surface area contributed by atoms with Crippen molar-refractivity contribution in [3.63, 3.8) is 0 Å². The van der Waals surface area contributed by atoms with Crippen molar-refractivity contribution in [1.82, 2.24) is 5.32 Å². The zero-order valence-electron chi connectivity index (χ0n) is 18.5. The summed E-state index contributed by atoms with van der Waals surface area (Å²) >= 11 is 0. The number of carbonyl (C=O) groups is 3. The molecule has 33 heavy (non-hydrogen) atoms. The highest BCUT2D eigenvalue weighted by molar-refractivity contribution is 6.23. The molecule has 3 aliphatic carbocycles. The van der Waals surface area contributed by atoms with Crippen LogP contribution in [0.2, 0.25) is 0 Å². The molecule has 7 rings (SSSR count). The lowest BCUT2D eigenvalue weighted by molar-refractivity contribution is -0.122. The molecule has 2 bridgehead atoms. The fourth-order valence-electron chi connectivity index (χ4n) is 6.04. The summed E-state index contributed by atoms with van der Waals surface area (Å²) in [7, 11) is 0. The number of benzene rings is 3. The molecule has 1 saturated heterocycles. The maximum Gasteiger partial charge on any atom is 0.251 e. The van der Waals surface area contributed by atoms with Gasteiger partial charge in [0.25, 0.3) is 5.91 Å². The molecule has 5 heteroatoms. The Morgan fingerprint density at radius 1 is 0.727 bits per heavy atom. The van der Waals surface area contributed by atoms with Gasteiger partial charge in [0.05, 0.1) is 17.5 Å². The van der Waals surface area contributed by atoms with Gasteiger partial charge in [-0.25, -0.2) is 4.90 Å². The third kappa shape index (κ3) is 2.75. The molecule has 3 aromatic carbocycles. The molecule has 3 amide bonds. The van der Waals surface area contributed by atoms with Crippen molar-refractivity contribution in [1.29, 1.82) is 0 Å². The van der Waals surface area contributed by atoms with Crippen LogP contribution in [0, 0.1) is 11.8 Å². The maximum atomic E-state index is 13.8. The lowest BCUT2D eigenvalue weighted by Crippen LogP contribution is -2.41. The van der Waals surface area contributed by atoms with Gasteiger partial charge < -0.3 is 5.32 Å². The van der Waals surface area contributed by atoms with Gasteiger partial charge in [0.2, 0.25) is 11.8 Å². The number of nitrogens with one attached hydrogen (secondary N) is 1. The van der Waals surface area contributed by atoms with Gasteiger partial charge in [-0.2, -0.15) is 0 Å². The van der Waals surface area contributed by atoms with Gasteiger partial charge in [0.15, 0.2) is 0 Å². The predicted molar refractivity (Wildman–Crippen MR) is 125 cm³/mol. The molecule has 4 aliphatic rings. The van der Waals surface area contributed by atoms with Crippen LogP contribution in [0.1, 0.15) is 58.3 Å². The number of amides is 3. The van der Waals surface area contributed by atoms with Crippen molar-refractivity contribution < 1.29 is 14.4 Å². The summed E-state index contributed by atoms with van der Waals surface area (Å²) in [5.41, 5.74) is 5.66. The van der Waals surface area contributed by atoms with E-state index in [0.29, 0.717) is 11.3 Å². The molecule has 1 aliphatic heterocycles. The predicted octanol–water partition coefficient (Wildman–Crippen LogP) is 4.22. The van der Waals surface area contributed by atoms with E-state index in [9.17, 15) is 14.4 Å². The molecule has 0 saturated carbocycles. The molecule has 0 spiro atoms. The van der Waals surface area contributed by atoms with Crippen LogP contribution in [-0.4, -0.2) is 23.8 Å². The number of hydrogen-bond donors (Lipinski definition) is 1. The van der Waals surface area contributed by atoms with Crippen molar-refractivity contribution in [2.24, 2.45) is 11.8 Å². The Balaban J connectivity index is 1.41. The topological polar surface area (TPSA) is 66.5 Å². The van der Waals surface area contributed by atoms with E-state index in [2.05, 4.69) is 29.6 Å². The second-order valence-corrected chi connectivity index (χ2v) is 9.45. The van der Waals surface area contributed by atoms with Gasteiger partial charge in [0.1, 0.15) is 0 Å². The van der Waals surface area contributed by atoms with Gasteiger partial charge in [0, 0.05) is 23.4 Å². The lowest BCUT2D eigenvalue weighted by Gasteiger charge is -2.45. The fourth-order valence-corrected chi connectivity index (χ4v) is 6.04. The molecule has 2 unspecified atom stereocenters. The van der Waals surface area contributed by atoms with Crippen molar-refractivity contribution in [2.75, 3.05) is 4.90 Å². The van der Waals surface area contributed by atoms with E-state index in [1.165, 1.54) is 4.90 Å². The summed E-state index contributed by atoms with van der Waals surface area (Å²) in [5, 5.41) is 2.86. The standard InChI is InChI=1S/C28H24N2O3/c1-15(2)29-26(31)16-11-13-17(14-12-16)30-27(32)24-22-18-7-3-4-8-19(18)23(25(24)28(30)33)21-10-6-5-9-20(21)22/h3-15,22-25H,1-2H3,(H,29,31). The summed E-state index contributed by atoms with van der Waals surface area (Å²) in [6, 6.07) is 23.2. The van der Waals surface area contributed by atoms with E-state index in [1.54, 1.807) is 24.3 Å². The molecule has 0 radical (unpaired) electrons. The van der Waals surface area contributed by atoms with E-state index in [4.69, 9.17) is 0 Å². The molecule has 5 nitrogen and oxygen atoms in total. The van der Waals surface area contributed by atoms with Crippen LogP contribution >= 0.6 is 0 Å². The molecule has 1 N–H and O–H groups in total. The Morgan fingerprint density at radius 3 is 1.55 bits per heavy atom. The summed E-state index contributed by atoms with van der Waals surface area (Å²) in [4.78, 5) is 41.2. The normalized spacial score (nSPS) is 24.5. The first kappa shape index (κ1) is 19.9. The quantitative estimate of drug-likeness (QED) is 0.625. The Bertz CT molecular complexity index is 1200. The first-order valence-corrected chi connectivity index (χ1v) is 11.4. The molecular formula is C28H24N2O3. The van der Waals surface area contributed by atoms with Crippen LogP contribution in [0.3, 0.4) is 0 Å². The first-order chi connectivity index (χ1) is 16.0. The summed E-state index contributed by atoms with van der Waals surface area (Å²) < 4.78 is 0. The molecule has 2 atom stereocenters. The van der Waals surface area contributed by atoms with Gasteiger partial charge in [-0.15, -0.1) is 0 Å². The van der Waals surface area contributed by atoms with Crippen LogP contribution in [0.5, 0.6) is 0 Å². The zero-order chi connectivity index (χ0) is 22.9. The van der Waals surface area contributed by atoms with Gasteiger partial charge >= 0.3 is 0 Å². The second kappa shape index (κ2) is 7.14. The summed E-state index contributed by atoms with van der Waals surface area (Å²) in [6.07, 6.45) is 0. The molecule has 164 valence electrons. The Hall–Kier alpha value is -3.73. The van der Waals surface area contributed by atoms with E-state index >= 15 is 0 Å². The Morgan fingerprint density at radius 2 is 1.15 bits per heavy atom. The van der Waals surface area contributed by atoms with Crippen LogP contribution in [0.15, 0.2) is 72.8 Å². The average molecular weight is 437 g/mol. The molecule has 0 aromatic heterocycles. The number of rotatable bonds is 3. The van der Waals surface area contributed by atoms with E-state index in [0.717, 1.165) is 22.3 Å². The van der Waals surface area contributed by atoms with E-state index in [1.807, 2.05) is 38.1 Å². The third-order valence-corrected chi connectivity index (χ3v) is 7.26. The van der Waals surface area contributed by atoms with Crippen molar-refractivity contribution in [3.05, 3.63) is 101 Å². The molecule has 1 fully saturated rings. The molecule has 1 heterocycles. The summed E-state index contributed by atoms with van der Waals surface area (Å²) in [6.45, 7) is 3.81. The monoisotopic (exact) mass is 436 g/mol. The van der Waals surface area contributed by atoms with Gasteiger partial charge in [-0.1, -0.05) is 48.5 Å². The van der Waals surface area contributed by atoms with Crippen LogP contribution < -0.4 is 10.2 Å². The smallest absolute Gasteiger partial charge is 0.251 e. The average Bonchev–Trinajstić information content (AvgIpc) is 3.09. The largest absolute Gasteiger partial charge is 0.350 e. The minimum atomic E-state index is -0.406. The highest BCUT2D eigenvalue weighted by Crippen LogP contribution is 2.61. The number of carbonyl (C=O) groups excluding carboxylic acids is 3. The minimum Gasteiger partial charge on any atom is -0.350 e. The van der Waals surface area contributed by atoms with Gasteiger partial charge in [-0.3, -0.25) is 14.4 Å². The zero-order valence-corrected chi connectivity index (χ0v) is 18.5. The van der Waals surface area contributed by atoms with Crippen molar-refractivity contribution >= 4 is 23.4 Å². The first-order valence-electron chi connectivity index (χ1n) is 11.4. The van der Waals surface area contributed by atoms with Gasteiger partial charge in [-0.05, 0) is 60.4 Å². The minimum absolute atomic E-state index is 0.0285. The van der Waals surface area contributed by atoms with E-state index in [-0.39, 0.29) is 35.6 Å².